The molecule has 19 heavy (non-hydrogen) atoms. The van der Waals surface area contributed by atoms with Crippen molar-refractivity contribution in [2.45, 2.75) is 0 Å². The molecule has 0 fully saturated rings. The third-order valence-electron chi connectivity index (χ3n) is 2.80. The topological polar surface area (TPSA) is 26.0 Å². The summed E-state index contributed by atoms with van der Waals surface area (Å²) in [6, 6.07) is 20.0. The van der Waals surface area contributed by atoms with Crippen LogP contribution >= 0.6 is 0 Å². The fourth-order valence-electron chi connectivity index (χ4n) is 1.83. The minimum Gasteiger partial charge on any atom is -0.437 e. The molecular weight excluding hydrogens is 234 g/mol. The molecule has 0 aliphatic carbocycles. The molecule has 2 aromatic carbocycles. The normalized spacial score (nSPS) is 10.9. The first-order valence-corrected chi connectivity index (χ1v) is 6.16. The Kier molecular flexibility index (Phi) is 3.24. The second-order valence-electron chi connectivity index (χ2n) is 4.17. The fraction of sp³-hybridized carbons (Fsp3) is 0. The predicted octanol–water partition coefficient (Wildman–Crippen LogP) is 4.51. The van der Waals surface area contributed by atoms with Crippen LogP contribution in [-0.4, -0.2) is 4.98 Å². The Balaban J connectivity index is 1.81. The summed E-state index contributed by atoms with van der Waals surface area (Å²) in [5, 5.41) is 0. The molecule has 1 aromatic heterocycles. The van der Waals surface area contributed by atoms with E-state index in [9.17, 15) is 0 Å². The van der Waals surface area contributed by atoms with Crippen molar-refractivity contribution in [1.29, 1.82) is 0 Å². The van der Waals surface area contributed by atoms with Crippen molar-refractivity contribution >= 4 is 12.2 Å². The van der Waals surface area contributed by atoms with E-state index in [0.29, 0.717) is 5.89 Å². The van der Waals surface area contributed by atoms with Gasteiger partial charge in [-0.2, -0.15) is 0 Å². The molecule has 0 bridgehead atoms. The summed E-state index contributed by atoms with van der Waals surface area (Å²) in [6.07, 6.45) is 5.61. The Bertz CT molecular complexity index is 669. The molecule has 0 spiro atoms. The largest absolute Gasteiger partial charge is 0.437 e. The van der Waals surface area contributed by atoms with Gasteiger partial charge in [0.25, 0.3) is 0 Å². The second kappa shape index (κ2) is 5.36. The third kappa shape index (κ3) is 2.80. The van der Waals surface area contributed by atoms with Gasteiger partial charge in [-0.25, -0.2) is 4.98 Å². The van der Waals surface area contributed by atoms with Gasteiger partial charge in [0, 0.05) is 11.6 Å². The van der Waals surface area contributed by atoms with E-state index >= 15 is 0 Å². The maximum atomic E-state index is 5.69. The van der Waals surface area contributed by atoms with Crippen molar-refractivity contribution in [2.24, 2.45) is 0 Å². The molecule has 0 N–H and O–H groups in total. The van der Waals surface area contributed by atoms with Crippen LogP contribution in [0.5, 0.6) is 0 Å². The third-order valence-corrected chi connectivity index (χ3v) is 2.80. The van der Waals surface area contributed by atoms with Crippen LogP contribution in [0.25, 0.3) is 23.5 Å². The van der Waals surface area contributed by atoms with Gasteiger partial charge in [-0.05, 0) is 11.6 Å². The Hall–Kier alpha value is -2.61. The van der Waals surface area contributed by atoms with Crippen LogP contribution in [0.1, 0.15) is 11.5 Å². The van der Waals surface area contributed by atoms with E-state index in [2.05, 4.69) is 4.98 Å². The Morgan fingerprint density at radius 2 is 1.47 bits per heavy atom. The van der Waals surface area contributed by atoms with Crippen molar-refractivity contribution in [3.05, 3.63) is 78.3 Å². The standard InChI is InChI=1S/C17H13NO/c1-3-7-14(8-4-1)11-12-17-18-13-16(19-17)15-9-5-2-6-10-15/h1-13H. The quantitative estimate of drug-likeness (QED) is 0.680. The van der Waals surface area contributed by atoms with E-state index in [4.69, 9.17) is 4.42 Å². The van der Waals surface area contributed by atoms with Gasteiger partial charge in [0.1, 0.15) is 0 Å². The second-order valence-corrected chi connectivity index (χ2v) is 4.17. The fourth-order valence-corrected chi connectivity index (χ4v) is 1.83. The SMILES string of the molecule is C(=Cc1ncc(-c2ccccc2)o1)c1ccccc1. The van der Waals surface area contributed by atoms with Crippen molar-refractivity contribution in [1.82, 2.24) is 4.98 Å². The molecule has 0 saturated heterocycles. The first kappa shape index (κ1) is 11.5. The van der Waals surface area contributed by atoms with Crippen LogP contribution < -0.4 is 0 Å². The summed E-state index contributed by atoms with van der Waals surface area (Å²) >= 11 is 0. The van der Waals surface area contributed by atoms with Gasteiger partial charge < -0.3 is 4.42 Å². The van der Waals surface area contributed by atoms with Gasteiger partial charge in [0.15, 0.2) is 5.76 Å². The molecule has 0 saturated carbocycles. The molecule has 0 radical (unpaired) electrons. The highest BCUT2D eigenvalue weighted by molar-refractivity contribution is 5.67. The van der Waals surface area contributed by atoms with Gasteiger partial charge in [0.05, 0.1) is 6.20 Å². The molecule has 2 nitrogen and oxygen atoms in total. The average Bonchev–Trinajstić information content (AvgIpc) is 2.96. The smallest absolute Gasteiger partial charge is 0.219 e. The summed E-state index contributed by atoms with van der Waals surface area (Å²) < 4.78 is 5.69. The molecular formula is C17H13NO. The molecule has 3 rings (SSSR count). The molecule has 0 atom stereocenters. The zero-order valence-corrected chi connectivity index (χ0v) is 10.4. The minimum absolute atomic E-state index is 0.614. The maximum Gasteiger partial charge on any atom is 0.219 e. The first-order chi connectivity index (χ1) is 9.42. The van der Waals surface area contributed by atoms with Crippen molar-refractivity contribution in [3.63, 3.8) is 0 Å². The molecule has 92 valence electrons. The van der Waals surface area contributed by atoms with E-state index in [-0.39, 0.29) is 0 Å². The minimum atomic E-state index is 0.614. The molecule has 0 unspecified atom stereocenters. The van der Waals surface area contributed by atoms with Crippen LogP contribution in [0, 0.1) is 0 Å². The van der Waals surface area contributed by atoms with Gasteiger partial charge in [0.2, 0.25) is 5.89 Å². The van der Waals surface area contributed by atoms with Crippen molar-refractivity contribution < 1.29 is 4.42 Å². The number of hydrogen-bond donors (Lipinski definition) is 0. The van der Waals surface area contributed by atoms with E-state index in [1.54, 1.807) is 6.20 Å². The van der Waals surface area contributed by atoms with E-state index < -0.39 is 0 Å². The molecule has 0 amide bonds. The summed E-state index contributed by atoms with van der Waals surface area (Å²) in [6.45, 7) is 0. The summed E-state index contributed by atoms with van der Waals surface area (Å²) in [5.74, 6) is 1.40. The van der Waals surface area contributed by atoms with Crippen LogP contribution in [0.2, 0.25) is 0 Å². The molecule has 3 aromatic rings. The molecule has 0 aliphatic rings. The van der Waals surface area contributed by atoms with Crippen LogP contribution in [0.4, 0.5) is 0 Å². The molecule has 2 heteroatoms. The van der Waals surface area contributed by atoms with Gasteiger partial charge in [-0.3, -0.25) is 0 Å². The van der Waals surface area contributed by atoms with Crippen LogP contribution in [-0.2, 0) is 0 Å². The average molecular weight is 247 g/mol. The van der Waals surface area contributed by atoms with Crippen LogP contribution in [0.3, 0.4) is 0 Å². The number of hydrogen-bond acceptors (Lipinski definition) is 2. The summed E-state index contributed by atoms with van der Waals surface area (Å²) in [5.41, 5.74) is 2.16. The number of aromatic nitrogens is 1. The van der Waals surface area contributed by atoms with Crippen LogP contribution in [0.15, 0.2) is 71.3 Å². The van der Waals surface area contributed by atoms with Gasteiger partial charge in [-0.1, -0.05) is 60.7 Å². The highest BCUT2D eigenvalue weighted by Gasteiger charge is 2.02. The van der Waals surface area contributed by atoms with Crippen molar-refractivity contribution in [3.8, 4) is 11.3 Å². The first-order valence-electron chi connectivity index (χ1n) is 6.16. The Morgan fingerprint density at radius 1 is 0.789 bits per heavy atom. The lowest BCUT2D eigenvalue weighted by Crippen LogP contribution is -1.71. The zero-order chi connectivity index (χ0) is 12.9. The molecule has 0 aliphatic heterocycles. The number of benzene rings is 2. The van der Waals surface area contributed by atoms with E-state index in [1.807, 2.05) is 72.8 Å². The lowest BCUT2D eigenvalue weighted by Gasteiger charge is -1.93. The predicted molar refractivity (Wildman–Crippen MR) is 77.3 cm³/mol. The van der Waals surface area contributed by atoms with E-state index in [1.165, 1.54) is 0 Å². The summed E-state index contributed by atoms with van der Waals surface area (Å²) in [4.78, 5) is 4.25. The molecule has 1 heterocycles. The van der Waals surface area contributed by atoms with Crippen molar-refractivity contribution in [2.75, 3.05) is 0 Å². The lowest BCUT2D eigenvalue weighted by atomic mass is 10.2. The highest BCUT2D eigenvalue weighted by atomic mass is 16.4. The lowest BCUT2D eigenvalue weighted by molar-refractivity contribution is 0.560. The number of nitrogens with zero attached hydrogens (tertiary/aromatic N) is 1. The van der Waals surface area contributed by atoms with Gasteiger partial charge in [-0.15, -0.1) is 0 Å². The monoisotopic (exact) mass is 247 g/mol. The number of rotatable bonds is 3. The maximum absolute atomic E-state index is 5.69. The Morgan fingerprint density at radius 3 is 2.21 bits per heavy atom. The highest BCUT2D eigenvalue weighted by Crippen LogP contribution is 2.20. The zero-order valence-electron chi connectivity index (χ0n) is 10.4. The van der Waals surface area contributed by atoms with Gasteiger partial charge >= 0.3 is 0 Å². The number of oxazole rings is 1. The van der Waals surface area contributed by atoms with E-state index in [0.717, 1.165) is 16.9 Å². The Labute approximate surface area is 112 Å². The summed E-state index contributed by atoms with van der Waals surface area (Å²) in [7, 11) is 0.